The van der Waals surface area contributed by atoms with Gasteiger partial charge in [0.1, 0.15) is 0 Å². The van der Waals surface area contributed by atoms with Crippen LogP contribution in [0.2, 0.25) is 0 Å². The molecule has 0 N–H and O–H groups in total. The summed E-state index contributed by atoms with van der Waals surface area (Å²) in [7, 11) is 0. The van der Waals surface area contributed by atoms with Crippen molar-refractivity contribution in [3.8, 4) is 0 Å². The SMILES string of the molecule is C=Cc1cccc(C)c1C=C(C)c1ccccc1. The molecule has 0 bridgehead atoms. The smallest absolute Gasteiger partial charge is 0.0152 e. The van der Waals surface area contributed by atoms with Crippen LogP contribution >= 0.6 is 0 Å². The molecule has 0 radical (unpaired) electrons. The molecule has 2 aromatic rings. The second kappa shape index (κ2) is 5.50. The highest BCUT2D eigenvalue weighted by Gasteiger charge is 2.01. The normalized spacial score (nSPS) is 11.3. The Morgan fingerprint density at radius 3 is 2.39 bits per heavy atom. The van der Waals surface area contributed by atoms with E-state index in [1.165, 1.54) is 27.8 Å². The molecule has 0 saturated heterocycles. The molecule has 90 valence electrons. The number of hydrogen-bond acceptors (Lipinski definition) is 0. The Morgan fingerprint density at radius 1 is 1.00 bits per heavy atom. The average molecular weight is 234 g/mol. The summed E-state index contributed by atoms with van der Waals surface area (Å²) in [5.41, 5.74) is 6.26. The first-order valence-corrected chi connectivity index (χ1v) is 6.18. The maximum atomic E-state index is 3.88. The highest BCUT2D eigenvalue weighted by Crippen LogP contribution is 2.23. The molecule has 0 saturated carbocycles. The molecular weight excluding hydrogens is 216 g/mol. The molecule has 0 aromatic heterocycles. The number of rotatable bonds is 3. The van der Waals surface area contributed by atoms with Crippen LogP contribution < -0.4 is 0 Å². The third-order valence-corrected chi connectivity index (χ3v) is 3.17. The first kappa shape index (κ1) is 12.4. The molecule has 2 aromatic carbocycles. The van der Waals surface area contributed by atoms with Crippen LogP contribution in [0.25, 0.3) is 17.7 Å². The van der Waals surface area contributed by atoms with Crippen LogP contribution in [0.15, 0.2) is 55.1 Å². The fraction of sp³-hybridized carbons (Fsp3) is 0.111. The lowest BCUT2D eigenvalue weighted by Gasteiger charge is -2.08. The molecule has 18 heavy (non-hydrogen) atoms. The van der Waals surface area contributed by atoms with Gasteiger partial charge in [-0.1, -0.05) is 67.3 Å². The topological polar surface area (TPSA) is 0 Å². The molecule has 0 amide bonds. The Morgan fingerprint density at radius 2 is 1.72 bits per heavy atom. The summed E-state index contributed by atoms with van der Waals surface area (Å²) in [6.45, 7) is 8.17. The molecular formula is C18H18. The lowest BCUT2D eigenvalue weighted by atomic mass is 9.97. The Bertz CT molecular complexity index is 574. The number of aryl methyl sites for hydroxylation is 1. The van der Waals surface area contributed by atoms with Crippen molar-refractivity contribution in [2.45, 2.75) is 13.8 Å². The molecule has 0 atom stereocenters. The van der Waals surface area contributed by atoms with Gasteiger partial charge in [-0.05, 0) is 41.7 Å². The second-order valence-corrected chi connectivity index (χ2v) is 4.48. The first-order valence-electron chi connectivity index (χ1n) is 6.18. The molecule has 0 spiro atoms. The molecule has 0 aliphatic carbocycles. The van der Waals surface area contributed by atoms with Crippen LogP contribution in [0, 0.1) is 6.92 Å². The monoisotopic (exact) mass is 234 g/mol. The fourth-order valence-electron chi connectivity index (χ4n) is 2.08. The zero-order valence-electron chi connectivity index (χ0n) is 11.0. The molecule has 0 unspecified atom stereocenters. The zero-order valence-corrected chi connectivity index (χ0v) is 11.0. The van der Waals surface area contributed by atoms with E-state index in [0.29, 0.717) is 0 Å². The molecule has 0 aliphatic rings. The lowest BCUT2D eigenvalue weighted by Crippen LogP contribution is -1.87. The van der Waals surface area contributed by atoms with E-state index in [-0.39, 0.29) is 0 Å². The van der Waals surface area contributed by atoms with E-state index in [2.05, 4.69) is 69.0 Å². The molecule has 0 nitrogen and oxygen atoms in total. The molecule has 0 aliphatic heterocycles. The van der Waals surface area contributed by atoms with Crippen LogP contribution in [0.4, 0.5) is 0 Å². The number of allylic oxidation sites excluding steroid dienone is 1. The van der Waals surface area contributed by atoms with Gasteiger partial charge in [-0.2, -0.15) is 0 Å². The maximum Gasteiger partial charge on any atom is -0.0152 e. The number of benzene rings is 2. The zero-order chi connectivity index (χ0) is 13.0. The highest BCUT2D eigenvalue weighted by atomic mass is 14.1. The van der Waals surface area contributed by atoms with Crippen molar-refractivity contribution in [2.75, 3.05) is 0 Å². The van der Waals surface area contributed by atoms with Gasteiger partial charge < -0.3 is 0 Å². The Labute approximate surface area is 109 Å². The van der Waals surface area contributed by atoms with Crippen molar-refractivity contribution >= 4 is 17.7 Å². The average Bonchev–Trinajstić information content (AvgIpc) is 2.42. The van der Waals surface area contributed by atoms with Gasteiger partial charge in [0.2, 0.25) is 0 Å². The van der Waals surface area contributed by atoms with Crippen LogP contribution in [0.5, 0.6) is 0 Å². The first-order chi connectivity index (χ1) is 8.72. The summed E-state index contributed by atoms with van der Waals surface area (Å²) in [6, 6.07) is 16.8. The van der Waals surface area contributed by atoms with E-state index < -0.39 is 0 Å². The molecule has 0 heteroatoms. The van der Waals surface area contributed by atoms with Gasteiger partial charge in [-0.15, -0.1) is 0 Å². The fourth-order valence-corrected chi connectivity index (χ4v) is 2.08. The van der Waals surface area contributed by atoms with E-state index in [4.69, 9.17) is 0 Å². The van der Waals surface area contributed by atoms with Crippen LogP contribution in [0.1, 0.15) is 29.2 Å². The Kier molecular flexibility index (Phi) is 3.78. The minimum atomic E-state index is 1.19. The van der Waals surface area contributed by atoms with Gasteiger partial charge in [-0.3, -0.25) is 0 Å². The van der Waals surface area contributed by atoms with Crippen molar-refractivity contribution in [2.24, 2.45) is 0 Å². The van der Waals surface area contributed by atoms with Gasteiger partial charge in [-0.25, -0.2) is 0 Å². The van der Waals surface area contributed by atoms with E-state index in [0.717, 1.165) is 0 Å². The second-order valence-electron chi connectivity index (χ2n) is 4.48. The van der Waals surface area contributed by atoms with Crippen molar-refractivity contribution < 1.29 is 0 Å². The van der Waals surface area contributed by atoms with E-state index in [1.807, 2.05) is 12.1 Å². The molecule has 2 rings (SSSR count). The third kappa shape index (κ3) is 2.60. The van der Waals surface area contributed by atoms with Crippen molar-refractivity contribution in [1.82, 2.24) is 0 Å². The van der Waals surface area contributed by atoms with Gasteiger partial charge in [0, 0.05) is 0 Å². The quantitative estimate of drug-likeness (QED) is 0.640. The summed E-state index contributed by atoms with van der Waals surface area (Å²) in [5.74, 6) is 0. The summed E-state index contributed by atoms with van der Waals surface area (Å²) >= 11 is 0. The van der Waals surface area contributed by atoms with Gasteiger partial charge in [0.15, 0.2) is 0 Å². The van der Waals surface area contributed by atoms with Crippen LogP contribution in [-0.4, -0.2) is 0 Å². The largest absolute Gasteiger partial charge is 0.0984 e. The summed E-state index contributed by atoms with van der Waals surface area (Å²) in [5, 5.41) is 0. The van der Waals surface area contributed by atoms with Crippen molar-refractivity contribution in [3.05, 3.63) is 77.4 Å². The van der Waals surface area contributed by atoms with Crippen LogP contribution in [-0.2, 0) is 0 Å². The van der Waals surface area contributed by atoms with E-state index in [9.17, 15) is 0 Å². The van der Waals surface area contributed by atoms with Crippen molar-refractivity contribution in [1.29, 1.82) is 0 Å². The Balaban J connectivity index is 2.48. The van der Waals surface area contributed by atoms with Gasteiger partial charge in [0.05, 0.1) is 0 Å². The van der Waals surface area contributed by atoms with Crippen molar-refractivity contribution in [3.63, 3.8) is 0 Å². The van der Waals surface area contributed by atoms with Gasteiger partial charge >= 0.3 is 0 Å². The summed E-state index contributed by atoms with van der Waals surface area (Å²) in [6.07, 6.45) is 4.15. The minimum Gasteiger partial charge on any atom is -0.0984 e. The van der Waals surface area contributed by atoms with Gasteiger partial charge in [0.25, 0.3) is 0 Å². The van der Waals surface area contributed by atoms with E-state index >= 15 is 0 Å². The summed E-state index contributed by atoms with van der Waals surface area (Å²) in [4.78, 5) is 0. The number of hydrogen-bond donors (Lipinski definition) is 0. The predicted octanol–water partition coefficient (Wildman–Crippen LogP) is 5.20. The lowest BCUT2D eigenvalue weighted by molar-refractivity contribution is 1.42. The maximum absolute atomic E-state index is 3.88. The minimum absolute atomic E-state index is 1.19. The third-order valence-electron chi connectivity index (χ3n) is 3.17. The van der Waals surface area contributed by atoms with E-state index in [1.54, 1.807) is 0 Å². The summed E-state index contributed by atoms with van der Waals surface area (Å²) < 4.78 is 0. The van der Waals surface area contributed by atoms with Crippen LogP contribution in [0.3, 0.4) is 0 Å². The predicted molar refractivity (Wildman–Crippen MR) is 81.3 cm³/mol. The molecule has 0 heterocycles. The standard InChI is InChI=1S/C18H18/c1-4-16-12-8-9-14(2)18(16)13-15(3)17-10-6-5-7-11-17/h4-13H,1H2,2-3H3. The molecule has 0 fully saturated rings. The Hall–Kier alpha value is -2.08. The highest BCUT2D eigenvalue weighted by molar-refractivity contribution is 5.83.